The molecule has 0 saturated carbocycles. The van der Waals surface area contributed by atoms with Crippen LogP contribution in [0.15, 0.2) is 18.2 Å². The van der Waals surface area contributed by atoms with E-state index in [1.165, 1.54) is 0 Å². The smallest absolute Gasteiger partial charge is 0.124 e. The maximum Gasteiger partial charge on any atom is 0.124 e. The average molecular weight is 271 g/mol. The third-order valence-electron chi connectivity index (χ3n) is 3.11. The average Bonchev–Trinajstić information content (AvgIpc) is 2.38. The van der Waals surface area contributed by atoms with Crippen molar-refractivity contribution in [3.05, 3.63) is 28.8 Å². The van der Waals surface area contributed by atoms with Gasteiger partial charge in [0.2, 0.25) is 0 Å². The lowest BCUT2D eigenvalue weighted by atomic mass is 10.0. The van der Waals surface area contributed by atoms with Gasteiger partial charge >= 0.3 is 0 Å². The number of hydrogen-bond donors (Lipinski definition) is 1. The van der Waals surface area contributed by atoms with Crippen LogP contribution in [0.5, 0.6) is 5.75 Å². The van der Waals surface area contributed by atoms with Crippen molar-refractivity contribution in [1.29, 1.82) is 0 Å². The summed E-state index contributed by atoms with van der Waals surface area (Å²) < 4.78 is 5.67. The molecule has 0 bridgehead atoms. The summed E-state index contributed by atoms with van der Waals surface area (Å²) >= 11 is 6.09. The Hall–Kier alpha value is -0.770. The largest absolute Gasteiger partial charge is 0.494 e. The molecule has 4 heteroatoms. The molecule has 0 aliphatic carbocycles. The Morgan fingerprint density at radius 1 is 1.28 bits per heavy atom. The van der Waals surface area contributed by atoms with Gasteiger partial charge in [0.25, 0.3) is 0 Å². The van der Waals surface area contributed by atoms with Gasteiger partial charge in [-0.3, -0.25) is 4.90 Å². The van der Waals surface area contributed by atoms with Gasteiger partial charge < -0.3 is 10.5 Å². The maximum absolute atomic E-state index is 6.09. The normalized spacial score (nSPS) is 12.8. The minimum absolute atomic E-state index is 0.153. The van der Waals surface area contributed by atoms with Crippen LogP contribution in [0.3, 0.4) is 0 Å². The summed E-state index contributed by atoms with van der Waals surface area (Å²) in [6.45, 7) is 9.36. The molecule has 1 unspecified atom stereocenters. The molecular formula is C14H23ClN2O. The minimum atomic E-state index is 0.153. The van der Waals surface area contributed by atoms with E-state index in [9.17, 15) is 0 Å². The summed E-state index contributed by atoms with van der Waals surface area (Å²) in [5, 5.41) is 0.721. The Labute approximate surface area is 115 Å². The molecule has 0 amide bonds. The molecule has 0 radical (unpaired) electrons. The van der Waals surface area contributed by atoms with E-state index in [0.717, 1.165) is 29.4 Å². The van der Waals surface area contributed by atoms with E-state index in [-0.39, 0.29) is 6.04 Å². The molecule has 1 aromatic rings. The molecule has 3 nitrogen and oxygen atoms in total. The molecule has 0 aliphatic rings. The van der Waals surface area contributed by atoms with Crippen molar-refractivity contribution in [2.45, 2.75) is 26.8 Å². The Kier molecular flexibility index (Phi) is 6.47. The van der Waals surface area contributed by atoms with Gasteiger partial charge in [0.1, 0.15) is 5.75 Å². The van der Waals surface area contributed by atoms with Crippen LogP contribution < -0.4 is 10.5 Å². The predicted molar refractivity (Wildman–Crippen MR) is 77.3 cm³/mol. The van der Waals surface area contributed by atoms with Crippen molar-refractivity contribution in [3.8, 4) is 5.75 Å². The van der Waals surface area contributed by atoms with Crippen LogP contribution in [0.25, 0.3) is 0 Å². The summed E-state index contributed by atoms with van der Waals surface area (Å²) in [4.78, 5) is 2.31. The quantitative estimate of drug-likeness (QED) is 0.828. The van der Waals surface area contributed by atoms with Crippen molar-refractivity contribution < 1.29 is 4.74 Å². The van der Waals surface area contributed by atoms with E-state index in [2.05, 4.69) is 18.7 Å². The van der Waals surface area contributed by atoms with Gasteiger partial charge in [-0.2, -0.15) is 0 Å². The van der Waals surface area contributed by atoms with Crippen LogP contribution in [-0.4, -0.2) is 31.1 Å². The molecule has 18 heavy (non-hydrogen) atoms. The summed E-state index contributed by atoms with van der Waals surface area (Å²) in [6, 6.07) is 5.89. The first-order valence-electron chi connectivity index (χ1n) is 6.54. The zero-order chi connectivity index (χ0) is 13.5. The standard InChI is InChI=1S/C14H23ClN2O/c1-4-17(5-2)13(10-16)12-9-11(15)7-8-14(12)18-6-3/h7-9,13H,4-6,10,16H2,1-3H3. The molecule has 0 spiro atoms. The van der Waals surface area contributed by atoms with Crippen LogP contribution >= 0.6 is 11.6 Å². The van der Waals surface area contributed by atoms with Gasteiger partial charge in [0.15, 0.2) is 0 Å². The SMILES string of the molecule is CCOc1ccc(Cl)cc1C(CN)N(CC)CC. The first-order chi connectivity index (χ1) is 8.67. The fourth-order valence-electron chi connectivity index (χ4n) is 2.20. The summed E-state index contributed by atoms with van der Waals surface area (Å²) in [6.07, 6.45) is 0. The summed E-state index contributed by atoms with van der Waals surface area (Å²) in [5.74, 6) is 0.879. The molecule has 0 aromatic heterocycles. The lowest BCUT2D eigenvalue weighted by molar-refractivity contribution is 0.217. The molecule has 1 rings (SSSR count). The van der Waals surface area contributed by atoms with Gasteiger partial charge in [0.05, 0.1) is 12.6 Å². The molecular weight excluding hydrogens is 248 g/mol. The second kappa shape index (κ2) is 7.62. The van der Waals surface area contributed by atoms with Gasteiger partial charge in [-0.05, 0) is 38.2 Å². The second-order valence-electron chi connectivity index (χ2n) is 4.09. The zero-order valence-electron chi connectivity index (χ0n) is 11.4. The minimum Gasteiger partial charge on any atom is -0.494 e. The Bertz CT molecular complexity index is 367. The van der Waals surface area contributed by atoms with E-state index in [1.54, 1.807) is 0 Å². The lowest BCUT2D eigenvalue weighted by Gasteiger charge is -2.30. The van der Waals surface area contributed by atoms with E-state index in [0.29, 0.717) is 13.2 Å². The van der Waals surface area contributed by atoms with Crippen molar-refractivity contribution in [2.75, 3.05) is 26.2 Å². The maximum atomic E-state index is 6.09. The number of nitrogens with two attached hydrogens (primary N) is 1. The fourth-order valence-corrected chi connectivity index (χ4v) is 2.38. The Morgan fingerprint density at radius 2 is 1.94 bits per heavy atom. The Morgan fingerprint density at radius 3 is 2.44 bits per heavy atom. The van der Waals surface area contributed by atoms with Gasteiger partial charge in [-0.1, -0.05) is 25.4 Å². The number of hydrogen-bond acceptors (Lipinski definition) is 3. The molecule has 1 aromatic carbocycles. The highest BCUT2D eigenvalue weighted by atomic mass is 35.5. The number of likely N-dealkylation sites (N-methyl/N-ethyl adjacent to an activating group) is 1. The number of ether oxygens (including phenoxy) is 1. The first-order valence-corrected chi connectivity index (χ1v) is 6.91. The van der Waals surface area contributed by atoms with Crippen LogP contribution in [0, 0.1) is 0 Å². The third-order valence-corrected chi connectivity index (χ3v) is 3.34. The number of benzene rings is 1. The number of nitrogens with zero attached hydrogens (tertiary/aromatic N) is 1. The van der Waals surface area contributed by atoms with Crippen molar-refractivity contribution in [1.82, 2.24) is 4.90 Å². The molecule has 2 N–H and O–H groups in total. The van der Waals surface area contributed by atoms with Gasteiger partial charge in [-0.25, -0.2) is 0 Å². The van der Waals surface area contributed by atoms with Crippen molar-refractivity contribution >= 4 is 11.6 Å². The zero-order valence-corrected chi connectivity index (χ0v) is 12.2. The van der Waals surface area contributed by atoms with Crippen LogP contribution in [0.4, 0.5) is 0 Å². The fraction of sp³-hybridized carbons (Fsp3) is 0.571. The molecule has 0 aliphatic heterocycles. The summed E-state index contributed by atoms with van der Waals surface area (Å²) in [7, 11) is 0. The number of halogens is 1. The van der Waals surface area contributed by atoms with E-state index in [4.69, 9.17) is 22.1 Å². The van der Waals surface area contributed by atoms with E-state index < -0.39 is 0 Å². The van der Waals surface area contributed by atoms with Gasteiger partial charge in [0, 0.05) is 17.1 Å². The molecule has 102 valence electrons. The Balaban J connectivity index is 3.13. The first kappa shape index (κ1) is 15.3. The van der Waals surface area contributed by atoms with E-state index >= 15 is 0 Å². The molecule has 0 heterocycles. The third kappa shape index (κ3) is 3.61. The highest BCUT2D eigenvalue weighted by Crippen LogP contribution is 2.31. The van der Waals surface area contributed by atoms with E-state index in [1.807, 2.05) is 25.1 Å². The lowest BCUT2D eigenvalue weighted by Crippen LogP contribution is -2.33. The van der Waals surface area contributed by atoms with Crippen LogP contribution in [-0.2, 0) is 0 Å². The summed E-state index contributed by atoms with van der Waals surface area (Å²) in [5.41, 5.74) is 7.01. The second-order valence-corrected chi connectivity index (χ2v) is 4.52. The molecule has 0 fully saturated rings. The predicted octanol–water partition coefficient (Wildman–Crippen LogP) is 3.08. The highest BCUT2D eigenvalue weighted by molar-refractivity contribution is 6.30. The molecule has 1 atom stereocenters. The number of rotatable bonds is 7. The van der Waals surface area contributed by atoms with Crippen LogP contribution in [0.1, 0.15) is 32.4 Å². The van der Waals surface area contributed by atoms with Gasteiger partial charge in [-0.15, -0.1) is 0 Å². The van der Waals surface area contributed by atoms with Crippen molar-refractivity contribution in [3.63, 3.8) is 0 Å². The monoisotopic (exact) mass is 270 g/mol. The van der Waals surface area contributed by atoms with Crippen LogP contribution in [0.2, 0.25) is 5.02 Å². The van der Waals surface area contributed by atoms with Crippen molar-refractivity contribution in [2.24, 2.45) is 5.73 Å². The molecule has 0 saturated heterocycles. The topological polar surface area (TPSA) is 38.5 Å². The highest BCUT2D eigenvalue weighted by Gasteiger charge is 2.20.